The second-order valence-corrected chi connectivity index (χ2v) is 9.29. The average Bonchev–Trinajstić information content (AvgIpc) is 2.47. The number of hydrogen-bond donors (Lipinski definition) is 0. The maximum atomic E-state index is 2.44. The van der Waals surface area contributed by atoms with Crippen LogP contribution >= 0.6 is 0 Å². The third-order valence-electron chi connectivity index (χ3n) is 3.90. The summed E-state index contributed by atoms with van der Waals surface area (Å²) in [5.74, 6) is 0. The summed E-state index contributed by atoms with van der Waals surface area (Å²) < 4.78 is 1.63. The van der Waals surface area contributed by atoms with E-state index in [9.17, 15) is 0 Å². The number of allylic oxidation sites excluding steroid dienone is 1. The molecule has 0 N–H and O–H groups in total. The van der Waals surface area contributed by atoms with Gasteiger partial charge >= 0.3 is 134 Å². The molecule has 1 aliphatic rings. The van der Waals surface area contributed by atoms with Crippen molar-refractivity contribution in [3.05, 3.63) is 75.8 Å². The van der Waals surface area contributed by atoms with Crippen LogP contribution in [0.3, 0.4) is 0 Å². The van der Waals surface area contributed by atoms with Crippen molar-refractivity contribution in [2.75, 3.05) is 0 Å². The second-order valence-electron chi connectivity index (χ2n) is 6.68. The molecule has 3 rings (SSSR count). The van der Waals surface area contributed by atoms with Gasteiger partial charge in [-0.2, -0.15) is 0 Å². The minimum absolute atomic E-state index is 0.280. The fourth-order valence-electron chi connectivity index (χ4n) is 2.70. The molecule has 0 nitrogen and oxygen atoms in total. The molecule has 0 aliphatic carbocycles. The molecule has 1 atom stereocenters. The Hall–Kier alpha value is -1.30. The molecule has 1 heteroatoms. The Morgan fingerprint density at radius 3 is 2.29 bits per heavy atom. The van der Waals surface area contributed by atoms with Crippen molar-refractivity contribution in [3.8, 4) is 0 Å². The van der Waals surface area contributed by atoms with E-state index < -0.39 is 0 Å². The number of benzene rings is 2. The zero-order chi connectivity index (χ0) is 14.9. The average molecular weight is 341 g/mol. The van der Waals surface area contributed by atoms with E-state index in [4.69, 9.17) is 0 Å². The van der Waals surface area contributed by atoms with Gasteiger partial charge < -0.3 is 0 Å². The second kappa shape index (κ2) is 5.83. The van der Waals surface area contributed by atoms with E-state index in [0.29, 0.717) is 19.8 Å². The molecule has 0 saturated heterocycles. The van der Waals surface area contributed by atoms with Crippen LogP contribution < -0.4 is 0 Å². The number of hydrogen-bond acceptors (Lipinski definition) is 0. The predicted molar refractivity (Wildman–Crippen MR) is 92.5 cm³/mol. The normalized spacial score (nSPS) is 18.0. The van der Waals surface area contributed by atoms with Gasteiger partial charge in [-0.15, -0.1) is 0 Å². The van der Waals surface area contributed by atoms with Crippen molar-refractivity contribution < 1.29 is 0 Å². The van der Waals surface area contributed by atoms with Gasteiger partial charge in [0.25, 0.3) is 0 Å². The fraction of sp³-hybridized carbons (Fsp3) is 0.300. The van der Waals surface area contributed by atoms with Gasteiger partial charge in [0.2, 0.25) is 0 Å². The summed E-state index contributed by atoms with van der Waals surface area (Å²) >= 11 is 0.530. The summed E-state index contributed by atoms with van der Waals surface area (Å²) in [6.07, 6.45) is 3.60. The van der Waals surface area contributed by atoms with Crippen LogP contribution in [0, 0.1) is 5.41 Å². The molecule has 1 heterocycles. The molecule has 108 valence electrons. The molecule has 0 amide bonds. The van der Waals surface area contributed by atoms with E-state index in [1.807, 2.05) is 0 Å². The molecule has 21 heavy (non-hydrogen) atoms. The van der Waals surface area contributed by atoms with Gasteiger partial charge in [0.1, 0.15) is 0 Å². The third-order valence-corrected chi connectivity index (χ3v) is 7.45. The van der Waals surface area contributed by atoms with Crippen molar-refractivity contribution in [3.63, 3.8) is 0 Å². The first kappa shape index (κ1) is 14.6. The molecule has 0 bridgehead atoms. The van der Waals surface area contributed by atoms with Crippen molar-refractivity contribution in [2.45, 2.75) is 32.0 Å². The van der Waals surface area contributed by atoms with Gasteiger partial charge in [0, 0.05) is 0 Å². The zero-order valence-electron chi connectivity index (χ0n) is 13.0. The third kappa shape index (κ3) is 3.31. The van der Waals surface area contributed by atoms with E-state index in [-0.39, 0.29) is 5.41 Å². The first-order valence-electron chi connectivity index (χ1n) is 7.56. The van der Waals surface area contributed by atoms with Gasteiger partial charge in [-0.25, -0.2) is 0 Å². The Morgan fingerprint density at radius 2 is 1.57 bits per heavy atom. The van der Waals surface area contributed by atoms with Crippen LogP contribution in [0.5, 0.6) is 0 Å². The molecular formula is C20H22Se. The summed E-state index contributed by atoms with van der Waals surface area (Å²) in [6.45, 7) is 7.02. The molecule has 2 aromatic carbocycles. The fourth-order valence-corrected chi connectivity index (χ4v) is 5.79. The molecule has 2 aromatic rings. The van der Waals surface area contributed by atoms with Gasteiger partial charge in [0.05, 0.1) is 0 Å². The van der Waals surface area contributed by atoms with Gasteiger partial charge in [-0.05, 0) is 0 Å². The summed E-state index contributed by atoms with van der Waals surface area (Å²) in [5.41, 5.74) is 4.70. The number of rotatable bonds is 2. The van der Waals surface area contributed by atoms with Crippen LogP contribution in [0.15, 0.2) is 59.1 Å². The predicted octanol–water partition coefficient (Wildman–Crippen LogP) is 5.08. The van der Waals surface area contributed by atoms with E-state index in [1.54, 1.807) is 4.47 Å². The van der Waals surface area contributed by atoms with Crippen molar-refractivity contribution >= 4 is 21.0 Å². The molecule has 0 radical (unpaired) electrons. The molecule has 0 fully saturated rings. The first-order valence-corrected chi connectivity index (χ1v) is 9.40. The van der Waals surface area contributed by atoms with E-state index in [0.717, 1.165) is 6.42 Å². The molecule has 0 spiro atoms. The Kier molecular flexibility index (Phi) is 4.06. The van der Waals surface area contributed by atoms with Crippen molar-refractivity contribution in [1.29, 1.82) is 0 Å². The van der Waals surface area contributed by atoms with Crippen molar-refractivity contribution in [2.24, 2.45) is 5.41 Å². The molecule has 0 aromatic heterocycles. The summed E-state index contributed by atoms with van der Waals surface area (Å²) in [7, 11) is 0. The summed E-state index contributed by atoms with van der Waals surface area (Å²) in [4.78, 5) is 0.662. The van der Waals surface area contributed by atoms with Crippen LogP contribution in [-0.4, -0.2) is 15.0 Å². The van der Waals surface area contributed by atoms with E-state index in [1.165, 1.54) is 16.7 Å². The topological polar surface area (TPSA) is 0 Å². The monoisotopic (exact) mass is 342 g/mol. The Morgan fingerprint density at radius 1 is 0.905 bits per heavy atom. The molecular weight excluding hydrogens is 319 g/mol. The van der Waals surface area contributed by atoms with Crippen molar-refractivity contribution in [1.82, 2.24) is 0 Å². The van der Waals surface area contributed by atoms with Gasteiger partial charge in [0.15, 0.2) is 0 Å². The van der Waals surface area contributed by atoms with Crippen LogP contribution in [-0.2, 0) is 6.42 Å². The van der Waals surface area contributed by atoms with Gasteiger partial charge in [-0.3, -0.25) is 0 Å². The number of fused-ring (bicyclic) bond motifs is 1. The van der Waals surface area contributed by atoms with E-state index in [2.05, 4.69) is 81.4 Å². The van der Waals surface area contributed by atoms with Crippen LogP contribution in [0.25, 0.3) is 6.08 Å². The Labute approximate surface area is 134 Å². The van der Waals surface area contributed by atoms with Gasteiger partial charge in [-0.1, -0.05) is 0 Å². The summed E-state index contributed by atoms with van der Waals surface area (Å²) in [5, 5.41) is 0. The van der Waals surface area contributed by atoms with E-state index >= 15 is 0 Å². The summed E-state index contributed by atoms with van der Waals surface area (Å²) in [6, 6.07) is 19.9. The molecule has 0 saturated carbocycles. The SMILES string of the molecule is CC(C)(C)C1=Cc2ccccc2C(Cc2ccccc2)[Se]1. The minimum atomic E-state index is 0.280. The standard InChI is InChI=1S/C20H22Se/c1-20(2,3)19-14-16-11-7-8-12-17(16)18(21-19)13-15-9-5-4-6-10-15/h4-12,14,18H,13H2,1-3H3. The maximum absolute atomic E-state index is 2.44. The Bertz CT molecular complexity index is 647. The van der Waals surface area contributed by atoms with Crippen LogP contribution in [0.2, 0.25) is 0 Å². The quantitative estimate of drug-likeness (QED) is 0.669. The Balaban J connectivity index is 1.96. The zero-order valence-corrected chi connectivity index (χ0v) is 14.7. The molecule has 1 aliphatic heterocycles. The van der Waals surface area contributed by atoms with Crippen LogP contribution in [0.1, 0.15) is 42.3 Å². The first-order chi connectivity index (χ1) is 10.0. The molecule has 1 unspecified atom stereocenters. The van der Waals surface area contributed by atoms with Crippen LogP contribution in [0.4, 0.5) is 0 Å².